The summed E-state index contributed by atoms with van der Waals surface area (Å²) in [5.41, 5.74) is 6.93. The number of nitrogens with one attached hydrogen (secondary N) is 1. The molecule has 0 radical (unpaired) electrons. The molecule has 0 unspecified atom stereocenters. The van der Waals surface area contributed by atoms with Gasteiger partial charge in [0.05, 0.1) is 12.8 Å². The lowest BCUT2D eigenvalue weighted by molar-refractivity contribution is 0.102. The van der Waals surface area contributed by atoms with Gasteiger partial charge in [0.25, 0.3) is 5.91 Å². The minimum Gasteiger partial charge on any atom is -0.497 e. The van der Waals surface area contributed by atoms with E-state index in [-0.39, 0.29) is 11.7 Å². The van der Waals surface area contributed by atoms with Gasteiger partial charge in [-0.3, -0.25) is 4.79 Å². The number of amides is 1. The molecule has 6 nitrogen and oxygen atoms in total. The van der Waals surface area contributed by atoms with E-state index in [1.807, 2.05) is 0 Å². The van der Waals surface area contributed by atoms with E-state index < -0.39 is 0 Å². The van der Waals surface area contributed by atoms with Crippen LogP contribution in [0.2, 0.25) is 0 Å². The Balaban J connectivity index is 2.27. The number of benzene rings is 2. The second-order valence-electron chi connectivity index (χ2n) is 4.22. The maximum Gasteiger partial charge on any atom is 0.255 e. The molecule has 0 saturated heterocycles. The molecule has 0 fully saturated rings. The van der Waals surface area contributed by atoms with Gasteiger partial charge in [-0.2, -0.15) is 0 Å². The first-order valence-corrected chi connectivity index (χ1v) is 6.18. The van der Waals surface area contributed by atoms with Crippen LogP contribution in [0.15, 0.2) is 53.7 Å². The van der Waals surface area contributed by atoms with Gasteiger partial charge in [0.1, 0.15) is 5.75 Å². The number of oxime groups is 1. The van der Waals surface area contributed by atoms with Crippen molar-refractivity contribution in [2.24, 2.45) is 10.9 Å². The number of anilines is 1. The molecule has 0 bridgehead atoms. The number of methoxy groups -OCH3 is 1. The first-order chi connectivity index (χ1) is 10.2. The molecule has 0 atom stereocenters. The largest absolute Gasteiger partial charge is 0.497 e. The third-order valence-corrected chi connectivity index (χ3v) is 2.89. The SMILES string of the molecule is COc1cccc(C(=O)Nc2ccccc2/C(N)=N/O)c1. The summed E-state index contributed by atoms with van der Waals surface area (Å²) in [6.07, 6.45) is 0. The van der Waals surface area contributed by atoms with Crippen molar-refractivity contribution >= 4 is 17.4 Å². The molecule has 0 aliphatic carbocycles. The molecule has 2 aromatic carbocycles. The summed E-state index contributed by atoms with van der Waals surface area (Å²) in [6.45, 7) is 0. The van der Waals surface area contributed by atoms with E-state index in [1.54, 1.807) is 48.5 Å². The fourth-order valence-corrected chi connectivity index (χ4v) is 1.83. The van der Waals surface area contributed by atoms with Crippen LogP contribution in [0.5, 0.6) is 5.75 Å². The summed E-state index contributed by atoms with van der Waals surface area (Å²) in [5, 5.41) is 14.4. The van der Waals surface area contributed by atoms with Crippen molar-refractivity contribution in [3.8, 4) is 5.75 Å². The predicted octanol–water partition coefficient (Wildman–Crippen LogP) is 2.04. The third kappa shape index (κ3) is 3.30. The van der Waals surface area contributed by atoms with Crippen LogP contribution in [0.3, 0.4) is 0 Å². The summed E-state index contributed by atoms with van der Waals surface area (Å²) in [5.74, 6) is 0.205. The van der Waals surface area contributed by atoms with Crippen LogP contribution in [0.25, 0.3) is 0 Å². The fraction of sp³-hybridized carbons (Fsp3) is 0.0667. The van der Waals surface area contributed by atoms with Crippen molar-refractivity contribution in [2.45, 2.75) is 0 Å². The lowest BCUT2D eigenvalue weighted by atomic mass is 10.1. The molecule has 6 heteroatoms. The summed E-state index contributed by atoms with van der Waals surface area (Å²) >= 11 is 0. The molecule has 0 spiro atoms. The number of carbonyl (C=O) groups excluding carboxylic acids is 1. The van der Waals surface area contributed by atoms with Crippen molar-refractivity contribution in [2.75, 3.05) is 12.4 Å². The van der Waals surface area contributed by atoms with Crippen LogP contribution in [-0.4, -0.2) is 24.1 Å². The van der Waals surface area contributed by atoms with Gasteiger partial charge in [-0.25, -0.2) is 0 Å². The van der Waals surface area contributed by atoms with Gasteiger partial charge < -0.3 is 21.0 Å². The van der Waals surface area contributed by atoms with Crippen molar-refractivity contribution < 1.29 is 14.7 Å². The van der Waals surface area contributed by atoms with Crippen molar-refractivity contribution in [1.82, 2.24) is 0 Å². The molecule has 21 heavy (non-hydrogen) atoms. The maximum atomic E-state index is 12.2. The molecular formula is C15H15N3O3. The third-order valence-electron chi connectivity index (χ3n) is 2.89. The molecule has 0 aromatic heterocycles. The highest BCUT2D eigenvalue weighted by atomic mass is 16.5. The monoisotopic (exact) mass is 285 g/mol. The zero-order chi connectivity index (χ0) is 15.2. The number of amidine groups is 1. The normalized spacial score (nSPS) is 11.0. The standard InChI is InChI=1S/C15H15N3O3/c1-21-11-6-4-5-10(9-11)15(19)17-13-8-3-2-7-12(13)14(16)18-20/h2-9,20H,1H3,(H2,16,18)(H,17,19). The Morgan fingerprint density at radius 3 is 2.71 bits per heavy atom. The first-order valence-electron chi connectivity index (χ1n) is 6.18. The number of ether oxygens (including phenoxy) is 1. The molecule has 108 valence electrons. The smallest absolute Gasteiger partial charge is 0.255 e. The molecule has 0 heterocycles. The number of rotatable bonds is 4. The Morgan fingerprint density at radius 2 is 2.00 bits per heavy atom. The maximum absolute atomic E-state index is 12.2. The van der Waals surface area contributed by atoms with Gasteiger partial charge in [0, 0.05) is 11.1 Å². The van der Waals surface area contributed by atoms with Gasteiger partial charge in [0.2, 0.25) is 0 Å². The number of carbonyl (C=O) groups is 1. The van der Waals surface area contributed by atoms with Crippen molar-refractivity contribution in [3.63, 3.8) is 0 Å². The van der Waals surface area contributed by atoms with E-state index in [9.17, 15) is 4.79 Å². The van der Waals surface area contributed by atoms with E-state index in [2.05, 4.69) is 10.5 Å². The number of nitrogens with two attached hydrogens (primary N) is 1. The topological polar surface area (TPSA) is 96.9 Å². The van der Waals surface area contributed by atoms with Crippen molar-refractivity contribution in [3.05, 3.63) is 59.7 Å². The van der Waals surface area contributed by atoms with E-state index >= 15 is 0 Å². The zero-order valence-corrected chi connectivity index (χ0v) is 11.4. The molecule has 0 saturated carbocycles. The van der Waals surface area contributed by atoms with Gasteiger partial charge in [0.15, 0.2) is 5.84 Å². The lowest BCUT2D eigenvalue weighted by Gasteiger charge is -2.10. The highest BCUT2D eigenvalue weighted by molar-refractivity contribution is 6.09. The van der Waals surface area contributed by atoms with Gasteiger partial charge in [-0.15, -0.1) is 0 Å². The summed E-state index contributed by atoms with van der Waals surface area (Å²) in [7, 11) is 1.53. The highest BCUT2D eigenvalue weighted by Crippen LogP contribution is 2.18. The van der Waals surface area contributed by atoms with Crippen LogP contribution >= 0.6 is 0 Å². The quantitative estimate of drug-likeness (QED) is 0.346. The Hall–Kier alpha value is -3.02. The van der Waals surface area contributed by atoms with Crippen LogP contribution in [0.4, 0.5) is 5.69 Å². The van der Waals surface area contributed by atoms with Gasteiger partial charge in [-0.05, 0) is 30.3 Å². The van der Waals surface area contributed by atoms with E-state index in [0.717, 1.165) is 0 Å². The van der Waals surface area contributed by atoms with Crippen LogP contribution in [-0.2, 0) is 0 Å². The number of para-hydroxylation sites is 1. The highest BCUT2D eigenvalue weighted by Gasteiger charge is 2.11. The number of hydrogen-bond donors (Lipinski definition) is 3. The number of nitrogens with zero attached hydrogens (tertiary/aromatic N) is 1. The lowest BCUT2D eigenvalue weighted by Crippen LogP contribution is -2.19. The van der Waals surface area contributed by atoms with Crippen LogP contribution in [0.1, 0.15) is 15.9 Å². The van der Waals surface area contributed by atoms with E-state index in [1.165, 1.54) is 7.11 Å². The zero-order valence-electron chi connectivity index (χ0n) is 11.4. The molecule has 4 N–H and O–H groups in total. The Morgan fingerprint density at radius 1 is 1.24 bits per heavy atom. The van der Waals surface area contributed by atoms with Crippen LogP contribution < -0.4 is 15.8 Å². The Labute approximate surface area is 121 Å². The molecule has 2 rings (SSSR count). The number of hydrogen-bond acceptors (Lipinski definition) is 4. The first kappa shape index (κ1) is 14.4. The molecule has 0 aliphatic heterocycles. The van der Waals surface area contributed by atoms with Gasteiger partial charge >= 0.3 is 0 Å². The minimum atomic E-state index is -0.313. The molecule has 0 aliphatic rings. The second kappa shape index (κ2) is 6.42. The van der Waals surface area contributed by atoms with Crippen LogP contribution in [0, 0.1) is 0 Å². The van der Waals surface area contributed by atoms with E-state index in [0.29, 0.717) is 22.6 Å². The Bertz CT molecular complexity index is 683. The fourth-order valence-electron chi connectivity index (χ4n) is 1.83. The summed E-state index contributed by atoms with van der Waals surface area (Å²) in [4.78, 5) is 12.2. The van der Waals surface area contributed by atoms with Gasteiger partial charge in [-0.1, -0.05) is 23.4 Å². The average Bonchev–Trinajstić information content (AvgIpc) is 2.54. The molecule has 2 aromatic rings. The summed E-state index contributed by atoms with van der Waals surface area (Å²) in [6, 6.07) is 13.6. The average molecular weight is 285 g/mol. The molecular weight excluding hydrogens is 270 g/mol. The van der Waals surface area contributed by atoms with E-state index in [4.69, 9.17) is 15.7 Å². The second-order valence-corrected chi connectivity index (χ2v) is 4.22. The predicted molar refractivity (Wildman–Crippen MR) is 79.9 cm³/mol. The minimum absolute atomic E-state index is 0.0726. The van der Waals surface area contributed by atoms with Crippen molar-refractivity contribution in [1.29, 1.82) is 0 Å². The molecule has 1 amide bonds. The summed E-state index contributed by atoms with van der Waals surface area (Å²) < 4.78 is 5.08. The Kier molecular flexibility index (Phi) is 4.40.